The van der Waals surface area contributed by atoms with Crippen LogP contribution in [0, 0.1) is 11.3 Å². The van der Waals surface area contributed by atoms with Crippen molar-refractivity contribution in [3.05, 3.63) is 30.0 Å². The molecule has 1 N–H and O–H groups in total. The molecule has 0 bridgehead atoms. The quantitative estimate of drug-likeness (QED) is 0.728. The summed E-state index contributed by atoms with van der Waals surface area (Å²) in [5, 5.41) is 20.8. The van der Waals surface area contributed by atoms with Crippen LogP contribution in [0.3, 0.4) is 0 Å². The topological polar surface area (TPSA) is 101 Å². The summed E-state index contributed by atoms with van der Waals surface area (Å²) in [4.78, 5) is 19.4. The highest BCUT2D eigenvalue weighted by Gasteiger charge is 2.30. The standard InChI is InChI=1S/C21H28N8O/c1-16-14-27(8-7-19(16)24-26-20-6-5-17(13-22)23-25-20)15-21(30)29-11-9-28(10-12-29)18-3-2-4-18/h5-6,18H,1-4,7-12,14-15H2,(H,25,26)/b24-19-. The molecule has 3 fully saturated rings. The number of rotatable bonds is 5. The number of aromatic nitrogens is 2. The molecule has 2 saturated heterocycles. The first kappa shape index (κ1) is 20.4. The third-order valence-corrected chi connectivity index (χ3v) is 6.19. The lowest BCUT2D eigenvalue weighted by molar-refractivity contribution is -0.134. The molecule has 0 unspecified atom stereocenters. The van der Waals surface area contributed by atoms with Crippen molar-refractivity contribution in [1.82, 2.24) is 24.9 Å². The molecule has 1 aromatic heterocycles. The Balaban J connectivity index is 1.22. The molecule has 0 aromatic carbocycles. The normalized spacial score (nSPS) is 22.6. The van der Waals surface area contributed by atoms with Crippen LogP contribution < -0.4 is 5.43 Å². The van der Waals surface area contributed by atoms with E-state index < -0.39 is 0 Å². The van der Waals surface area contributed by atoms with Gasteiger partial charge in [0.25, 0.3) is 0 Å². The van der Waals surface area contributed by atoms with Gasteiger partial charge in [0.2, 0.25) is 5.91 Å². The molecule has 1 amide bonds. The van der Waals surface area contributed by atoms with Gasteiger partial charge in [-0.15, -0.1) is 10.2 Å². The Morgan fingerprint density at radius 1 is 1.23 bits per heavy atom. The largest absolute Gasteiger partial charge is 0.339 e. The highest BCUT2D eigenvalue weighted by molar-refractivity contribution is 6.01. The van der Waals surface area contributed by atoms with Gasteiger partial charge in [0.15, 0.2) is 11.5 Å². The summed E-state index contributed by atoms with van der Waals surface area (Å²) in [6.45, 7) is 9.65. The molecule has 0 radical (unpaired) electrons. The van der Waals surface area contributed by atoms with E-state index in [1.807, 2.05) is 11.0 Å². The van der Waals surface area contributed by atoms with E-state index in [-0.39, 0.29) is 11.6 Å². The summed E-state index contributed by atoms with van der Waals surface area (Å²) in [5.41, 5.74) is 4.91. The van der Waals surface area contributed by atoms with Crippen molar-refractivity contribution in [2.45, 2.75) is 31.7 Å². The minimum absolute atomic E-state index is 0.211. The fourth-order valence-electron chi connectivity index (χ4n) is 4.11. The van der Waals surface area contributed by atoms with Crippen molar-refractivity contribution in [2.24, 2.45) is 5.10 Å². The maximum atomic E-state index is 12.7. The number of nitriles is 1. The third-order valence-electron chi connectivity index (χ3n) is 6.19. The zero-order valence-electron chi connectivity index (χ0n) is 17.3. The molecule has 30 heavy (non-hydrogen) atoms. The van der Waals surface area contributed by atoms with Gasteiger partial charge in [-0.1, -0.05) is 13.0 Å². The number of piperazine rings is 1. The third kappa shape index (κ3) is 4.83. The second-order valence-corrected chi connectivity index (χ2v) is 8.15. The second kappa shape index (κ2) is 9.32. The maximum Gasteiger partial charge on any atom is 0.236 e. The summed E-state index contributed by atoms with van der Waals surface area (Å²) < 4.78 is 0. The van der Waals surface area contributed by atoms with Gasteiger partial charge >= 0.3 is 0 Å². The number of nitrogens with one attached hydrogen (secondary N) is 1. The minimum Gasteiger partial charge on any atom is -0.339 e. The van der Waals surface area contributed by atoms with E-state index >= 15 is 0 Å². The molecule has 3 aliphatic rings. The highest BCUT2D eigenvalue weighted by atomic mass is 16.2. The first-order valence-corrected chi connectivity index (χ1v) is 10.6. The Morgan fingerprint density at radius 2 is 2.03 bits per heavy atom. The number of carbonyl (C=O) groups excluding carboxylic acids is 1. The predicted octanol–water partition coefficient (Wildman–Crippen LogP) is 1.07. The van der Waals surface area contributed by atoms with E-state index in [9.17, 15) is 4.79 Å². The Morgan fingerprint density at radius 3 is 2.63 bits per heavy atom. The lowest BCUT2D eigenvalue weighted by atomic mass is 9.91. The summed E-state index contributed by atoms with van der Waals surface area (Å²) in [6.07, 6.45) is 4.71. The van der Waals surface area contributed by atoms with Gasteiger partial charge in [0.1, 0.15) is 6.07 Å². The molecule has 2 aliphatic heterocycles. The fraction of sp³-hybridized carbons (Fsp3) is 0.571. The van der Waals surface area contributed by atoms with Crippen LogP contribution in [0.5, 0.6) is 0 Å². The fourth-order valence-corrected chi connectivity index (χ4v) is 4.11. The minimum atomic E-state index is 0.211. The predicted molar refractivity (Wildman–Crippen MR) is 114 cm³/mol. The molecule has 4 rings (SSSR count). The van der Waals surface area contributed by atoms with Gasteiger partial charge in [-0.05, 0) is 30.5 Å². The van der Waals surface area contributed by atoms with Gasteiger partial charge in [0, 0.05) is 51.7 Å². The molecule has 9 heteroatoms. The van der Waals surface area contributed by atoms with Crippen molar-refractivity contribution < 1.29 is 4.79 Å². The Kier molecular flexibility index (Phi) is 6.35. The molecular weight excluding hydrogens is 380 g/mol. The van der Waals surface area contributed by atoms with Crippen molar-refractivity contribution >= 4 is 17.4 Å². The Bertz CT molecular complexity index is 847. The van der Waals surface area contributed by atoms with Crippen LogP contribution in [0.4, 0.5) is 5.82 Å². The molecule has 3 heterocycles. The van der Waals surface area contributed by atoms with Gasteiger partial charge in [-0.25, -0.2) is 0 Å². The van der Waals surface area contributed by atoms with Crippen LogP contribution in [0.15, 0.2) is 29.4 Å². The lowest BCUT2D eigenvalue weighted by Gasteiger charge is -2.43. The monoisotopic (exact) mass is 408 g/mol. The summed E-state index contributed by atoms with van der Waals surface area (Å²) in [5.74, 6) is 0.690. The molecule has 0 spiro atoms. The highest BCUT2D eigenvalue weighted by Crippen LogP contribution is 2.25. The number of hydrazone groups is 1. The maximum absolute atomic E-state index is 12.7. The van der Waals surface area contributed by atoms with E-state index in [0.29, 0.717) is 18.9 Å². The van der Waals surface area contributed by atoms with Crippen molar-refractivity contribution in [2.75, 3.05) is 51.2 Å². The molecule has 9 nitrogen and oxygen atoms in total. The summed E-state index contributed by atoms with van der Waals surface area (Å²) in [6, 6.07) is 5.94. The van der Waals surface area contributed by atoms with Crippen molar-refractivity contribution in [3.63, 3.8) is 0 Å². The van der Waals surface area contributed by atoms with Gasteiger partial charge in [-0.2, -0.15) is 10.4 Å². The molecular formula is C21H28N8O. The van der Waals surface area contributed by atoms with E-state index in [2.05, 4.69) is 37.1 Å². The van der Waals surface area contributed by atoms with Gasteiger partial charge in [0.05, 0.1) is 12.3 Å². The SMILES string of the molecule is C=C1CN(CC(=O)N2CCN(C3CCC3)CC2)CC/C1=N/Nc1ccc(C#N)nn1. The first-order valence-electron chi connectivity index (χ1n) is 10.6. The van der Waals surface area contributed by atoms with E-state index in [0.717, 1.165) is 56.5 Å². The Hall–Kier alpha value is -2.83. The average molecular weight is 409 g/mol. The summed E-state index contributed by atoms with van der Waals surface area (Å²) in [7, 11) is 0. The lowest BCUT2D eigenvalue weighted by Crippen LogP contribution is -2.55. The Labute approximate surface area is 177 Å². The van der Waals surface area contributed by atoms with E-state index in [1.165, 1.54) is 19.3 Å². The number of hydrogen-bond donors (Lipinski definition) is 1. The van der Waals surface area contributed by atoms with E-state index in [4.69, 9.17) is 5.26 Å². The number of likely N-dealkylation sites (tertiary alicyclic amines) is 1. The molecule has 158 valence electrons. The van der Waals surface area contributed by atoms with Gasteiger partial charge in [-0.3, -0.25) is 20.0 Å². The number of anilines is 1. The van der Waals surface area contributed by atoms with E-state index in [1.54, 1.807) is 12.1 Å². The van der Waals surface area contributed by atoms with Crippen LogP contribution in [-0.4, -0.2) is 88.4 Å². The number of hydrogen-bond acceptors (Lipinski definition) is 8. The first-order chi connectivity index (χ1) is 14.6. The smallest absolute Gasteiger partial charge is 0.236 e. The molecule has 1 saturated carbocycles. The molecule has 1 aromatic rings. The second-order valence-electron chi connectivity index (χ2n) is 8.15. The molecule has 1 aliphatic carbocycles. The van der Waals surface area contributed by atoms with Crippen molar-refractivity contribution in [1.29, 1.82) is 5.26 Å². The van der Waals surface area contributed by atoms with Crippen LogP contribution in [-0.2, 0) is 4.79 Å². The number of nitrogens with zero attached hydrogens (tertiary/aromatic N) is 7. The number of carbonyl (C=O) groups is 1. The number of amides is 1. The zero-order valence-corrected chi connectivity index (χ0v) is 17.3. The molecule has 0 atom stereocenters. The van der Waals surface area contributed by atoms with Crippen LogP contribution in [0.2, 0.25) is 0 Å². The van der Waals surface area contributed by atoms with Crippen molar-refractivity contribution in [3.8, 4) is 6.07 Å². The average Bonchev–Trinajstić information content (AvgIpc) is 2.73. The van der Waals surface area contributed by atoms with Crippen LogP contribution >= 0.6 is 0 Å². The zero-order chi connectivity index (χ0) is 20.9. The summed E-state index contributed by atoms with van der Waals surface area (Å²) >= 11 is 0. The number of piperidine rings is 1. The van der Waals surface area contributed by atoms with Crippen LogP contribution in [0.25, 0.3) is 0 Å². The van der Waals surface area contributed by atoms with Gasteiger partial charge < -0.3 is 4.90 Å². The van der Waals surface area contributed by atoms with Crippen LogP contribution in [0.1, 0.15) is 31.4 Å².